The maximum Gasteiger partial charge on any atom is 0.230 e. The number of aryl methyl sites for hydroxylation is 1. The molecule has 6 nitrogen and oxygen atoms in total. The molecule has 0 fully saturated rings. The molecule has 7 heteroatoms. The zero-order valence-corrected chi connectivity index (χ0v) is 18.9. The molecular weight excluding hydrogens is 410 g/mol. The second kappa shape index (κ2) is 11.4. The number of carbonyl (C=O) groups excluding carboxylic acids is 1. The summed E-state index contributed by atoms with van der Waals surface area (Å²) in [6, 6.07) is 17.9. The van der Waals surface area contributed by atoms with Crippen molar-refractivity contribution >= 4 is 17.7 Å². The Kier molecular flexibility index (Phi) is 8.29. The molecule has 0 spiro atoms. The van der Waals surface area contributed by atoms with Crippen molar-refractivity contribution in [2.75, 3.05) is 26.5 Å². The Morgan fingerprint density at radius 3 is 2.32 bits per heavy atom. The highest BCUT2D eigenvalue weighted by Gasteiger charge is 2.07. The van der Waals surface area contributed by atoms with Gasteiger partial charge in [0.25, 0.3) is 0 Å². The number of hydrogen-bond acceptors (Lipinski definition) is 6. The van der Waals surface area contributed by atoms with Gasteiger partial charge in [-0.3, -0.25) is 4.79 Å². The molecule has 3 rings (SSSR count). The van der Waals surface area contributed by atoms with E-state index in [4.69, 9.17) is 9.47 Å². The van der Waals surface area contributed by atoms with E-state index in [1.54, 1.807) is 14.2 Å². The van der Waals surface area contributed by atoms with Gasteiger partial charge in [0.05, 0.1) is 25.7 Å². The largest absolute Gasteiger partial charge is 0.493 e. The minimum atomic E-state index is -0.0356. The number of carbonyl (C=O) groups is 1. The number of thioether (sulfide) groups is 1. The average Bonchev–Trinajstić information content (AvgIpc) is 2.83. The third-order valence-corrected chi connectivity index (χ3v) is 5.75. The molecule has 0 radical (unpaired) electrons. The molecule has 2 aromatic carbocycles. The van der Waals surface area contributed by atoms with Gasteiger partial charge in [-0.05, 0) is 48.2 Å². The van der Waals surface area contributed by atoms with Gasteiger partial charge in [-0.15, -0.1) is 10.2 Å². The van der Waals surface area contributed by atoms with Crippen molar-refractivity contribution in [3.63, 3.8) is 0 Å². The van der Waals surface area contributed by atoms with Crippen molar-refractivity contribution in [2.24, 2.45) is 0 Å². The molecule has 1 heterocycles. The van der Waals surface area contributed by atoms with Gasteiger partial charge >= 0.3 is 0 Å². The van der Waals surface area contributed by atoms with Crippen LogP contribution in [-0.4, -0.2) is 42.6 Å². The average molecular weight is 438 g/mol. The topological polar surface area (TPSA) is 73.3 Å². The quantitative estimate of drug-likeness (QED) is 0.480. The van der Waals surface area contributed by atoms with Gasteiger partial charge in [-0.25, -0.2) is 0 Å². The zero-order chi connectivity index (χ0) is 22.1. The van der Waals surface area contributed by atoms with Crippen LogP contribution >= 0.6 is 11.8 Å². The Morgan fingerprint density at radius 1 is 0.935 bits per heavy atom. The predicted octanol–water partition coefficient (Wildman–Crippen LogP) is 4.17. The number of rotatable bonds is 10. The highest BCUT2D eigenvalue weighted by atomic mass is 32.2. The summed E-state index contributed by atoms with van der Waals surface area (Å²) < 4.78 is 10.6. The Bertz CT molecular complexity index is 992. The summed E-state index contributed by atoms with van der Waals surface area (Å²) in [4.78, 5) is 12.2. The Hall–Kier alpha value is -3.06. The lowest BCUT2D eigenvalue weighted by Crippen LogP contribution is -2.27. The van der Waals surface area contributed by atoms with Crippen molar-refractivity contribution in [1.82, 2.24) is 15.5 Å². The molecule has 0 saturated heterocycles. The van der Waals surface area contributed by atoms with E-state index in [-0.39, 0.29) is 5.91 Å². The maximum atomic E-state index is 12.2. The molecule has 1 amide bonds. The summed E-state index contributed by atoms with van der Waals surface area (Å²) in [5, 5.41) is 12.2. The number of nitrogens with zero attached hydrogens (tertiary/aromatic N) is 2. The molecule has 1 aromatic heterocycles. The summed E-state index contributed by atoms with van der Waals surface area (Å²) in [5.74, 6) is 1.64. The first-order valence-corrected chi connectivity index (χ1v) is 11.1. The zero-order valence-electron chi connectivity index (χ0n) is 18.1. The summed E-state index contributed by atoms with van der Waals surface area (Å²) in [7, 11) is 3.22. The third-order valence-electron chi connectivity index (χ3n) is 4.83. The molecule has 0 aliphatic rings. The van der Waals surface area contributed by atoms with Crippen molar-refractivity contribution in [2.45, 2.75) is 24.8 Å². The fraction of sp³-hybridized carbons (Fsp3) is 0.292. The first kappa shape index (κ1) is 22.6. The molecule has 0 atom stereocenters. The second-order valence-electron chi connectivity index (χ2n) is 6.89. The molecular formula is C24H27N3O3S. The molecule has 0 saturated carbocycles. The van der Waals surface area contributed by atoms with Crippen molar-refractivity contribution < 1.29 is 14.3 Å². The summed E-state index contributed by atoms with van der Waals surface area (Å²) in [5.41, 5.74) is 4.22. The molecule has 3 aromatic rings. The van der Waals surface area contributed by atoms with Crippen LogP contribution in [0.15, 0.2) is 59.6 Å². The van der Waals surface area contributed by atoms with Crippen LogP contribution in [0.1, 0.15) is 18.1 Å². The minimum absolute atomic E-state index is 0.0356. The monoisotopic (exact) mass is 437 g/mol. The summed E-state index contributed by atoms with van der Waals surface area (Å²) in [6.07, 6.45) is 1.72. The van der Waals surface area contributed by atoms with Crippen molar-refractivity contribution in [1.29, 1.82) is 0 Å². The van der Waals surface area contributed by atoms with Gasteiger partial charge in [0, 0.05) is 12.1 Å². The lowest BCUT2D eigenvalue weighted by Gasteiger charge is -2.10. The SMILES string of the molecule is CCc1ccc(-c2ccc(SCC(=O)NCCc3ccc(OC)c(OC)c3)nn2)cc1. The number of methoxy groups -OCH3 is 2. The molecule has 162 valence electrons. The lowest BCUT2D eigenvalue weighted by molar-refractivity contribution is -0.118. The Balaban J connectivity index is 1.44. The van der Waals surface area contributed by atoms with Crippen LogP contribution in [0.5, 0.6) is 11.5 Å². The smallest absolute Gasteiger partial charge is 0.230 e. The molecule has 0 bridgehead atoms. The second-order valence-corrected chi connectivity index (χ2v) is 7.88. The number of ether oxygens (including phenoxy) is 2. The molecule has 1 N–H and O–H groups in total. The van der Waals surface area contributed by atoms with E-state index in [9.17, 15) is 4.79 Å². The van der Waals surface area contributed by atoms with Crippen LogP contribution < -0.4 is 14.8 Å². The third kappa shape index (κ3) is 6.46. The van der Waals surface area contributed by atoms with Crippen LogP contribution in [0.3, 0.4) is 0 Å². The molecule has 0 aliphatic heterocycles. The van der Waals surface area contributed by atoms with E-state index in [0.29, 0.717) is 30.2 Å². The van der Waals surface area contributed by atoms with E-state index >= 15 is 0 Å². The van der Waals surface area contributed by atoms with Crippen LogP contribution in [0, 0.1) is 0 Å². The number of nitrogens with one attached hydrogen (secondary N) is 1. The normalized spacial score (nSPS) is 10.5. The van der Waals surface area contributed by atoms with E-state index < -0.39 is 0 Å². The van der Waals surface area contributed by atoms with Gasteiger partial charge < -0.3 is 14.8 Å². The number of aromatic nitrogens is 2. The van der Waals surface area contributed by atoms with E-state index in [2.05, 4.69) is 46.7 Å². The van der Waals surface area contributed by atoms with E-state index in [0.717, 1.165) is 28.3 Å². The van der Waals surface area contributed by atoms with Crippen LogP contribution in [-0.2, 0) is 17.6 Å². The first-order valence-electron chi connectivity index (χ1n) is 10.2. The maximum absolute atomic E-state index is 12.2. The fourth-order valence-corrected chi connectivity index (χ4v) is 3.68. The standard InChI is InChI=1S/C24H27N3O3S/c1-4-17-5-8-19(9-6-17)20-10-12-24(27-26-20)31-16-23(28)25-14-13-18-7-11-21(29-2)22(15-18)30-3/h5-12,15H,4,13-14,16H2,1-3H3,(H,25,28). The van der Waals surface area contributed by atoms with Gasteiger partial charge in [0.1, 0.15) is 5.03 Å². The molecule has 0 aliphatic carbocycles. The summed E-state index contributed by atoms with van der Waals surface area (Å²) in [6.45, 7) is 2.68. The highest BCUT2D eigenvalue weighted by molar-refractivity contribution is 7.99. The number of hydrogen-bond donors (Lipinski definition) is 1. The van der Waals surface area contributed by atoms with Gasteiger partial charge in [0.2, 0.25) is 5.91 Å². The number of amides is 1. The fourth-order valence-electron chi connectivity index (χ4n) is 3.04. The highest BCUT2D eigenvalue weighted by Crippen LogP contribution is 2.27. The summed E-state index contributed by atoms with van der Waals surface area (Å²) >= 11 is 1.37. The van der Waals surface area contributed by atoms with E-state index in [1.807, 2.05) is 30.3 Å². The minimum Gasteiger partial charge on any atom is -0.493 e. The van der Waals surface area contributed by atoms with Gasteiger partial charge in [-0.2, -0.15) is 0 Å². The van der Waals surface area contributed by atoms with Crippen LogP contribution in [0.4, 0.5) is 0 Å². The Labute approximate surface area is 187 Å². The van der Waals surface area contributed by atoms with Gasteiger partial charge in [-0.1, -0.05) is 49.0 Å². The van der Waals surface area contributed by atoms with Crippen LogP contribution in [0.25, 0.3) is 11.3 Å². The van der Waals surface area contributed by atoms with Crippen LogP contribution in [0.2, 0.25) is 0 Å². The molecule has 0 unspecified atom stereocenters. The predicted molar refractivity (Wildman–Crippen MR) is 124 cm³/mol. The first-order chi connectivity index (χ1) is 15.1. The number of benzene rings is 2. The molecule has 31 heavy (non-hydrogen) atoms. The Morgan fingerprint density at radius 2 is 1.68 bits per heavy atom. The lowest BCUT2D eigenvalue weighted by atomic mass is 10.1. The van der Waals surface area contributed by atoms with E-state index in [1.165, 1.54) is 17.3 Å². The van der Waals surface area contributed by atoms with Crippen molar-refractivity contribution in [3.05, 3.63) is 65.7 Å². The van der Waals surface area contributed by atoms with Gasteiger partial charge in [0.15, 0.2) is 11.5 Å². The van der Waals surface area contributed by atoms with Crippen molar-refractivity contribution in [3.8, 4) is 22.8 Å².